The molecule has 6 unspecified atom stereocenters. The largest absolute Gasteiger partial charge is 0.504 e. The van der Waals surface area contributed by atoms with Gasteiger partial charge in [-0.15, -0.1) is 0 Å². The van der Waals surface area contributed by atoms with Crippen molar-refractivity contribution < 1.29 is 46.9 Å². The number of nitrogens with zero attached hydrogens (tertiary/aromatic N) is 4. The van der Waals surface area contributed by atoms with E-state index in [1.807, 2.05) is 18.2 Å². The number of hydrogen-bond donors (Lipinski definition) is 2. The summed E-state index contributed by atoms with van der Waals surface area (Å²) in [6.07, 6.45) is -2.24. The van der Waals surface area contributed by atoms with Gasteiger partial charge in [0.2, 0.25) is 11.8 Å². The first-order valence-electron chi connectivity index (χ1n) is 19.2. The van der Waals surface area contributed by atoms with Crippen LogP contribution in [0.1, 0.15) is 35.4 Å². The van der Waals surface area contributed by atoms with Crippen molar-refractivity contribution in [3.63, 3.8) is 0 Å². The fraction of sp³-hybridized carbons (Fsp3) is 0.326. The van der Waals surface area contributed by atoms with Crippen LogP contribution in [-0.4, -0.2) is 72.1 Å². The normalized spacial score (nSPS) is 26.5. The van der Waals surface area contributed by atoms with Gasteiger partial charge in [0.15, 0.2) is 17.3 Å². The summed E-state index contributed by atoms with van der Waals surface area (Å²) in [5.74, 6) is -7.41. The number of halogens is 5. The molecule has 5 aliphatic rings. The van der Waals surface area contributed by atoms with Gasteiger partial charge in [-0.3, -0.25) is 29.5 Å². The molecule has 2 aliphatic carbocycles. The van der Waals surface area contributed by atoms with Crippen LogP contribution in [0.5, 0.6) is 11.5 Å². The molecule has 1 aromatic heterocycles. The van der Waals surface area contributed by atoms with Crippen LogP contribution in [0.25, 0.3) is 0 Å². The van der Waals surface area contributed by atoms with Crippen LogP contribution in [0.3, 0.4) is 0 Å². The quantitative estimate of drug-likeness (QED) is 0.146. The van der Waals surface area contributed by atoms with Crippen molar-refractivity contribution in [1.29, 1.82) is 0 Å². The van der Waals surface area contributed by atoms with E-state index in [0.29, 0.717) is 66.0 Å². The zero-order chi connectivity index (χ0) is 42.2. The molecule has 4 fully saturated rings. The third-order valence-electron chi connectivity index (χ3n) is 12.6. The standard InChI is InChI=1S/C43H36Cl2F3N5O7/c1-59-34-18-22(2-13-33(34)54)36-28-11-12-29-35(40(57)52(38(29)55)27-9-7-26(8-10-27)51-14-16-60-17-15-51)30(28)20-31-39(56)53(41(58)42(31,36)23-3-5-25(44)6-4-23)50-37-32(45)19-24(21-49-37)43(46,47)48/h2-11,13,18-19,21,29-31,35-36,54H,12,14-17,20H2,1H3,(H,49,50). The molecule has 0 spiro atoms. The highest BCUT2D eigenvalue weighted by molar-refractivity contribution is 6.33. The van der Waals surface area contributed by atoms with Crippen LogP contribution in [0.15, 0.2) is 90.6 Å². The monoisotopic (exact) mass is 861 g/mol. The summed E-state index contributed by atoms with van der Waals surface area (Å²) in [6.45, 7) is 2.58. The Bertz CT molecular complexity index is 2460. The number of amides is 4. The van der Waals surface area contributed by atoms with Gasteiger partial charge in [-0.05, 0) is 84.5 Å². The number of aromatic hydroxyl groups is 1. The molecule has 3 saturated heterocycles. The number of benzene rings is 3. The van der Waals surface area contributed by atoms with Gasteiger partial charge in [0, 0.05) is 35.9 Å². The number of phenols is 1. The molecule has 0 bridgehead atoms. The van der Waals surface area contributed by atoms with Crippen molar-refractivity contribution in [1.82, 2.24) is 9.99 Å². The number of phenolic OH excluding ortho intramolecular Hbond substituents is 1. The van der Waals surface area contributed by atoms with E-state index in [9.17, 15) is 32.7 Å². The zero-order valence-corrected chi connectivity index (χ0v) is 33.3. The molecule has 60 heavy (non-hydrogen) atoms. The molecule has 4 aromatic rings. The number of carbonyl (C=O) groups is 4. The Morgan fingerprint density at radius 2 is 1.60 bits per heavy atom. The van der Waals surface area contributed by atoms with Gasteiger partial charge >= 0.3 is 6.18 Å². The average molecular weight is 863 g/mol. The van der Waals surface area contributed by atoms with E-state index in [1.165, 1.54) is 18.1 Å². The highest BCUT2D eigenvalue weighted by Crippen LogP contribution is 2.64. The van der Waals surface area contributed by atoms with Crippen LogP contribution in [0.2, 0.25) is 10.0 Å². The topological polar surface area (TPSA) is 142 Å². The predicted octanol–water partition coefficient (Wildman–Crippen LogP) is 7.15. The van der Waals surface area contributed by atoms with Crippen LogP contribution < -0.4 is 20.0 Å². The number of allylic oxidation sites excluding steroid dienone is 2. The summed E-state index contributed by atoms with van der Waals surface area (Å²) in [5, 5.41) is 11.3. The van der Waals surface area contributed by atoms with Gasteiger partial charge < -0.3 is 19.5 Å². The number of hydrogen-bond acceptors (Lipinski definition) is 10. The fourth-order valence-corrected chi connectivity index (χ4v) is 10.3. The summed E-state index contributed by atoms with van der Waals surface area (Å²) in [5.41, 5.74) is 2.56. The lowest BCUT2D eigenvalue weighted by atomic mass is 9.49. The van der Waals surface area contributed by atoms with E-state index < -0.39 is 69.5 Å². The third kappa shape index (κ3) is 6.19. The number of methoxy groups -OCH3 is 1. The van der Waals surface area contributed by atoms with Crippen molar-refractivity contribution >= 4 is 64.0 Å². The number of rotatable bonds is 7. The third-order valence-corrected chi connectivity index (χ3v) is 13.1. The first-order valence-corrected chi connectivity index (χ1v) is 20.0. The van der Waals surface area contributed by atoms with E-state index in [1.54, 1.807) is 48.5 Å². The molecule has 0 radical (unpaired) electrons. The highest BCUT2D eigenvalue weighted by atomic mass is 35.5. The number of ether oxygens (including phenoxy) is 2. The number of nitrogens with one attached hydrogen (secondary N) is 1. The van der Waals surface area contributed by atoms with Crippen molar-refractivity contribution in [3.05, 3.63) is 117 Å². The van der Waals surface area contributed by atoms with E-state index in [-0.39, 0.29) is 36.1 Å². The molecule has 3 aromatic carbocycles. The van der Waals surface area contributed by atoms with Crippen LogP contribution in [0, 0.1) is 23.7 Å². The second kappa shape index (κ2) is 14.8. The predicted molar refractivity (Wildman–Crippen MR) is 213 cm³/mol. The van der Waals surface area contributed by atoms with E-state index >= 15 is 4.79 Å². The lowest BCUT2D eigenvalue weighted by Gasteiger charge is -2.50. The van der Waals surface area contributed by atoms with Gasteiger partial charge in [0.25, 0.3) is 11.8 Å². The number of hydrazine groups is 1. The second-order valence-corrected chi connectivity index (χ2v) is 16.3. The van der Waals surface area contributed by atoms with Crippen LogP contribution in [0.4, 0.5) is 30.4 Å². The molecule has 2 N–H and O–H groups in total. The van der Waals surface area contributed by atoms with Crippen molar-refractivity contribution in [2.24, 2.45) is 23.7 Å². The smallest absolute Gasteiger partial charge is 0.417 e. The van der Waals surface area contributed by atoms with E-state index in [0.717, 1.165) is 10.7 Å². The Morgan fingerprint density at radius 3 is 2.27 bits per heavy atom. The van der Waals surface area contributed by atoms with Crippen LogP contribution in [-0.2, 0) is 35.5 Å². The SMILES string of the molecule is COc1cc(C2C3=CCC4C(=O)N(c5ccc(N6CCOCC6)cc5)C(=O)C4C3CC3C(=O)N(Nc4ncc(C(F)(F)F)cc4Cl)C(=O)C32c2ccc(Cl)cc2)ccc1O. The Labute approximate surface area is 351 Å². The molecule has 17 heteroatoms. The van der Waals surface area contributed by atoms with Gasteiger partial charge in [-0.2, -0.15) is 18.2 Å². The molecule has 4 amide bonds. The molecule has 12 nitrogen and oxygen atoms in total. The number of imide groups is 2. The molecule has 9 rings (SSSR count). The summed E-state index contributed by atoms with van der Waals surface area (Å²) >= 11 is 12.7. The number of aromatic nitrogens is 1. The molecule has 4 heterocycles. The van der Waals surface area contributed by atoms with E-state index in [4.69, 9.17) is 32.7 Å². The van der Waals surface area contributed by atoms with Crippen molar-refractivity contribution in [3.8, 4) is 11.5 Å². The van der Waals surface area contributed by atoms with Crippen LogP contribution >= 0.6 is 23.2 Å². The summed E-state index contributed by atoms with van der Waals surface area (Å²) in [7, 11) is 1.37. The first-order chi connectivity index (χ1) is 28.7. The number of fused-ring (bicyclic) bond motifs is 4. The fourth-order valence-electron chi connectivity index (χ4n) is 9.92. The molecular formula is C43H36Cl2F3N5O7. The zero-order valence-electron chi connectivity index (χ0n) is 31.8. The number of alkyl halides is 3. The van der Waals surface area contributed by atoms with Crippen molar-refractivity contribution in [2.45, 2.75) is 30.4 Å². The molecule has 1 saturated carbocycles. The average Bonchev–Trinajstić information content (AvgIpc) is 3.62. The molecular weight excluding hydrogens is 826 g/mol. The van der Waals surface area contributed by atoms with Gasteiger partial charge in [-0.1, -0.05) is 53.1 Å². The lowest BCUT2D eigenvalue weighted by Crippen LogP contribution is -2.53. The molecule has 6 atom stereocenters. The first kappa shape index (κ1) is 39.8. The Kier molecular flexibility index (Phi) is 9.83. The number of anilines is 3. The van der Waals surface area contributed by atoms with Gasteiger partial charge in [0.1, 0.15) is 0 Å². The maximum atomic E-state index is 15.4. The number of morpholine rings is 1. The summed E-state index contributed by atoms with van der Waals surface area (Å²) < 4.78 is 51.6. The summed E-state index contributed by atoms with van der Waals surface area (Å²) in [6, 6.07) is 18.9. The van der Waals surface area contributed by atoms with Crippen molar-refractivity contribution in [2.75, 3.05) is 48.6 Å². The van der Waals surface area contributed by atoms with Gasteiger partial charge in [-0.25, -0.2) is 4.98 Å². The van der Waals surface area contributed by atoms with Gasteiger partial charge in [0.05, 0.1) is 59.8 Å². The maximum absolute atomic E-state index is 15.4. The second-order valence-electron chi connectivity index (χ2n) is 15.5. The molecule has 3 aliphatic heterocycles. The van der Waals surface area contributed by atoms with E-state index in [2.05, 4.69) is 15.3 Å². The minimum Gasteiger partial charge on any atom is -0.504 e. The maximum Gasteiger partial charge on any atom is 0.417 e. The molecule has 310 valence electrons. The minimum atomic E-state index is -4.76. The highest BCUT2D eigenvalue weighted by Gasteiger charge is 2.70. The lowest BCUT2D eigenvalue weighted by molar-refractivity contribution is -0.139. The Morgan fingerprint density at radius 1 is 0.900 bits per heavy atom. The number of carbonyl (C=O) groups excluding carboxylic acids is 4. The Balaban J connectivity index is 1.17. The summed E-state index contributed by atoms with van der Waals surface area (Å²) in [4.78, 5) is 66.6. The number of pyridine rings is 1. The minimum absolute atomic E-state index is 0.0545. The Hall–Kier alpha value is -5.64.